The van der Waals surface area contributed by atoms with Gasteiger partial charge in [-0.15, -0.1) is 0 Å². The lowest BCUT2D eigenvalue weighted by atomic mass is 9.90. The first-order chi connectivity index (χ1) is 13.4. The highest BCUT2D eigenvalue weighted by Gasteiger charge is 2.29. The van der Waals surface area contributed by atoms with E-state index in [1.54, 1.807) is 28.6 Å². The normalized spacial score (nSPS) is 16.0. The molecule has 0 unspecified atom stereocenters. The minimum Gasteiger partial charge on any atom is -0.493 e. The molecule has 2 aromatic carbocycles. The summed E-state index contributed by atoms with van der Waals surface area (Å²) in [6, 6.07) is 14.3. The van der Waals surface area contributed by atoms with Crippen molar-refractivity contribution in [2.45, 2.75) is 30.1 Å². The van der Waals surface area contributed by atoms with Gasteiger partial charge in [0.15, 0.2) is 0 Å². The van der Waals surface area contributed by atoms with E-state index < -0.39 is 16.0 Å². The lowest BCUT2D eigenvalue weighted by Crippen LogP contribution is -2.37. The molecular formula is C20H22BrNO5S. The summed E-state index contributed by atoms with van der Waals surface area (Å²) in [4.78, 5) is 10.8. The van der Waals surface area contributed by atoms with Crippen LogP contribution < -0.4 is 4.74 Å². The van der Waals surface area contributed by atoms with Crippen LogP contribution in [-0.4, -0.2) is 43.5 Å². The van der Waals surface area contributed by atoms with Gasteiger partial charge in [0.2, 0.25) is 10.0 Å². The molecule has 2 aromatic rings. The fourth-order valence-corrected chi connectivity index (χ4v) is 5.01. The molecule has 0 bridgehead atoms. The highest BCUT2D eigenvalue weighted by atomic mass is 79.9. The monoisotopic (exact) mass is 467 g/mol. The van der Waals surface area contributed by atoms with Gasteiger partial charge < -0.3 is 9.84 Å². The van der Waals surface area contributed by atoms with Crippen molar-refractivity contribution in [1.29, 1.82) is 0 Å². The van der Waals surface area contributed by atoms with E-state index >= 15 is 0 Å². The third kappa shape index (κ3) is 5.12. The quantitative estimate of drug-likeness (QED) is 0.667. The summed E-state index contributed by atoms with van der Waals surface area (Å²) < 4.78 is 33.4. The Balaban J connectivity index is 1.57. The number of carboxylic acid groups (broad SMARTS) is 1. The third-order valence-electron chi connectivity index (χ3n) is 4.84. The molecule has 0 aromatic heterocycles. The zero-order chi connectivity index (χ0) is 20.1. The van der Waals surface area contributed by atoms with Gasteiger partial charge >= 0.3 is 5.97 Å². The first-order valence-corrected chi connectivity index (χ1v) is 11.3. The maximum Gasteiger partial charge on any atom is 0.306 e. The Labute approximate surface area is 173 Å². The molecule has 8 heteroatoms. The minimum absolute atomic E-state index is 0.0347. The van der Waals surface area contributed by atoms with Gasteiger partial charge in [-0.25, -0.2) is 8.42 Å². The van der Waals surface area contributed by atoms with Crippen LogP contribution in [0, 0.1) is 0 Å². The zero-order valence-electron chi connectivity index (χ0n) is 15.3. The van der Waals surface area contributed by atoms with Crippen LogP contribution in [0.1, 0.15) is 30.7 Å². The summed E-state index contributed by atoms with van der Waals surface area (Å²) in [6.45, 7) is 1.11. The van der Waals surface area contributed by atoms with Crippen molar-refractivity contribution in [2.24, 2.45) is 0 Å². The summed E-state index contributed by atoms with van der Waals surface area (Å²) in [5, 5.41) is 8.64. The summed E-state index contributed by atoms with van der Waals surface area (Å²) >= 11 is 3.32. The average molecular weight is 468 g/mol. The molecule has 0 amide bonds. The van der Waals surface area contributed by atoms with E-state index in [0.29, 0.717) is 29.7 Å². The first kappa shape index (κ1) is 20.8. The molecule has 150 valence electrons. The Morgan fingerprint density at radius 2 is 1.68 bits per heavy atom. The van der Waals surface area contributed by atoms with Crippen LogP contribution in [0.25, 0.3) is 0 Å². The van der Waals surface area contributed by atoms with Crippen LogP contribution in [0.4, 0.5) is 0 Å². The molecule has 0 saturated carbocycles. The number of hydrogen-bond acceptors (Lipinski definition) is 4. The number of sulfonamides is 1. The van der Waals surface area contributed by atoms with Crippen LogP contribution in [0.15, 0.2) is 57.9 Å². The minimum atomic E-state index is -3.46. The van der Waals surface area contributed by atoms with Gasteiger partial charge in [0.05, 0.1) is 17.9 Å². The number of ether oxygens (including phenoxy) is 1. The number of benzene rings is 2. The SMILES string of the molecule is O=C(O)CCOc1ccc(C2CCN(S(=O)(=O)c3ccc(Br)cc3)CC2)cc1. The van der Waals surface area contributed by atoms with Gasteiger partial charge in [-0.05, 0) is 60.7 Å². The van der Waals surface area contributed by atoms with Crippen LogP contribution in [0.2, 0.25) is 0 Å². The lowest BCUT2D eigenvalue weighted by molar-refractivity contribution is -0.137. The van der Waals surface area contributed by atoms with Gasteiger partial charge in [-0.1, -0.05) is 28.1 Å². The topological polar surface area (TPSA) is 83.9 Å². The first-order valence-electron chi connectivity index (χ1n) is 9.06. The highest BCUT2D eigenvalue weighted by molar-refractivity contribution is 9.10. The van der Waals surface area contributed by atoms with Crippen LogP contribution in [0.3, 0.4) is 0 Å². The molecule has 0 atom stereocenters. The molecular weight excluding hydrogens is 446 g/mol. The van der Waals surface area contributed by atoms with E-state index in [-0.39, 0.29) is 13.0 Å². The maximum absolute atomic E-state index is 12.8. The van der Waals surface area contributed by atoms with Crippen molar-refractivity contribution in [3.63, 3.8) is 0 Å². The lowest BCUT2D eigenvalue weighted by Gasteiger charge is -2.31. The molecule has 1 fully saturated rings. The number of nitrogens with zero attached hydrogens (tertiary/aromatic N) is 1. The van der Waals surface area contributed by atoms with E-state index in [1.807, 2.05) is 24.3 Å². The molecule has 0 aliphatic carbocycles. The summed E-state index contributed by atoms with van der Waals surface area (Å²) in [5.41, 5.74) is 1.14. The van der Waals surface area contributed by atoms with E-state index in [1.165, 1.54) is 0 Å². The van der Waals surface area contributed by atoms with E-state index in [2.05, 4.69) is 15.9 Å². The number of hydrogen-bond donors (Lipinski definition) is 1. The van der Waals surface area contributed by atoms with Gasteiger partial charge in [-0.2, -0.15) is 4.31 Å². The van der Waals surface area contributed by atoms with Gasteiger partial charge in [0.25, 0.3) is 0 Å². The second-order valence-electron chi connectivity index (χ2n) is 6.69. The Morgan fingerprint density at radius 1 is 1.07 bits per heavy atom. The maximum atomic E-state index is 12.8. The number of carboxylic acids is 1. The summed E-state index contributed by atoms with van der Waals surface area (Å²) in [6.07, 6.45) is 1.48. The molecule has 0 spiro atoms. The van der Waals surface area contributed by atoms with E-state index in [4.69, 9.17) is 9.84 Å². The van der Waals surface area contributed by atoms with E-state index in [0.717, 1.165) is 22.9 Å². The smallest absolute Gasteiger partial charge is 0.306 e. The van der Waals surface area contributed by atoms with Crippen molar-refractivity contribution >= 4 is 31.9 Å². The fourth-order valence-electron chi connectivity index (χ4n) is 3.28. The summed E-state index contributed by atoms with van der Waals surface area (Å²) in [7, 11) is -3.46. The summed E-state index contributed by atoms with van der Waals surface area (Å²) in [5.74, 6) is 0.0474. The molecule has 0 radical (unpaired) electrons. The van der Waals surface area contributed by atoms with Crippen molar-refractivity contribution < 1.29 is 23.1 Å². The predicted octanol–water partition coefficient (Wildman–Crippen LogP) is 3.87. The highest BCUT2D eigenvalue weighted by Crippen LogP contribution is 2.31. The van der Waals surface area contributed by atoms with Crippen LogP contribution in [-0.2, 0) is 14.8 Å². The van der Waals surface area contributed by atoms with Crippen molar-refractivity contribution in [3.05, 3.63) is 58.6 Å². The van der Waals surface area contributed by atoms with E-state index in [9.17, 15) is 13.2 Å². The van der Waals surface area contributed by atoms with Crippen molar-refractivity contribution in [3.8, 4) is 5.75 Å². The van der Waals surface area contributed by atoms with Gasteiger partial charge in [0, 0.05) is 17.6 Å². The van der Waals surface area contributed by atoms with Gasteiger partial charge in [0.1, 0.15) is 5.75 Å². The molecule has 28 heavy (non-hydrogen) atoms. The predicted molar refractivity (Wildman–Crippen MR) is 109 cm³/mol. The standard InChI is InChI=1S/C20H22BrNO5S/c21-17-3-7-19(8-4-17)28(25,26)22-12-9-16(10-13-22)15-1-5-18(6-2-15)27-14-11-20(23)24/h1-8,16H,9-14H2,(H,23,24). The Hall–Kier alpha value is -1.90. The second kappa shape index (κ2) is 9.07. The number of halogens is 1. The van der Waals surface area contributed by atoms with Crippen molar-refractivity contribution in [1.82, 2.24) is 4.31 Å². The largest absolute Gasteiger partial charge is 0.493 e. The molecule has 1 saturated heterocycles. The molecule has 1 aliphatic heterocycles. The Bertz CT molecular complexity index is 905. The molecule has 1 aliphatic rings. The Kier molecular flexibility index (Phi) is 6.74. The number of carbonyl (C=O) groups is 1. The number of aliphatic carboxylic acids is 1. The molecule has 1 heterocycles. The van der Waals surface area contributed by atoms with Crippen molar-refractivity contribution in [2.75, 3.05) is 19.7 Å². The van der Waals surface area contributed by atoms with Gasteiger partial charge in [-0.3, -0.25) is 4.79 Å². The van der Waals surface area contributed by atoms with Crippen LogP contribution >= 0.6 is 15.9 Å². The molecule has 6 nitrogen and oxygen atoms in total. The zero-order valence-corrected chi connectivity index (χ0v) is 17.7. The number of rotatable bonds is 7. The van der Waals surface area contributed by atoms with Crippen LogP contribution in [0.5, 0.6) is 5.75 Å². The third-order valence-corrected chi connectivity index (χ3v) is 7.28. The number of piperidine rings is 1. The Morgan fingerprint density at radius 3 is 2.25 bits per heavy atom. The fraction of sp³-hybridized carbons (Fsp3) is 0.350. The molecule has 1 N–H and O–H groups in total. The second-order valence-corrected chi connectivity index (χ2v) is 9.55. The molecule has 3 rings (SSSR count). The average Bonchev–Trinajstić information content (AvgIpc) is 2.69.